The van der Waals surface area contributed by atoms with Gasteiger partial charge in [-0.15, -0.1) is 5.10 Å². The number of hydrogen-bond donors (Lipinski definition) is 1. The Morgan fingerprint density at radius 1 is 1.26 bits per heavy atom. The molecule has 0 bridgehead atoms. The van der Waals surface area contributed by atoms with Crippen molar-refractivity contribution in [3.63, 3.8) is 0 Å². The first-order chi connectivity index (χ1) is 10.9. The molecule has 2 aromatic rings. The molecule has 1 N–H and O–H groups in total. The maximum absolute atomic E-state index is 11.9. The van der Waals surface area contributed by atoms with Gasteiger partial charge >= 0.3 is 0 Å². The summed E-state index contributed by atoms with van der Waals surface area (Å²) < 4.78 is 29.0. The Balaban J connectivity index is 1.76. The van der Waals surface area contributed by atoms with Gasteiger partial charge < -0.3 is 0 Å². The van der Waals surface area contributed by atoms with E-state index in [0.29, 0.717) is 18.7 Å². The van der Waals surface area contributed by atoms with Crippen molar-refractivity contribution in [1.29, 1.82) is 0 Å². The molecule has 1 saturated carbocycles. The van der Waals surface area contributed by atoms with Crippen molar-refractivity contribution in [1.82, 2.24) is 24.3 Å². The van der Waals surface area contributed by atoms with Gasteiger partial charge in [0.15, 0.2) is 5.82 Å². The fourth-order valence-electron chi connectivity index (χ4n) is 2.36. The lowest BCUT2D eigenvalue weighted by Crippen LogP contribution is -2.34. The highest BCUT2D eigenvalue weighted by molar-refractivity contribution is 7.90. The number of hydrogen-bond acceptors (Lipinski definition) is 5. The summed E-state index contributed by atoms with van der Waals surface area (Å²) >= 11 is 0. The molecule has 124 valence electrons. The Morgan fingerprint density at radius 2 is 2.00 bits per heavy atom. The molecule has 0 aromatic carbocycles. The van der Waals surface area contributed by atoms with E-state index in [0.717, 1.165) is 11.4 Å². The molecule has 2 aromatic heterocycles. The molecule has 0 saturated heterocycles. The Bertz CT molecular complexity index is 880. The van der Waals surface area contributed by atoms with Crippen LogP contribution >= 0.6 is 0 Å². The Morgan fingerprint density at radius 3 is 2.61 bits per heavy atom. The maximum atomic E-state index is 11.9. The predicted octanol–water partition coefficient (Wildman–Crippen LogP) is 0.128. The normalized spacial score (nSPS) is 15.0. The number of rotatable bonds is 6. The summed E-state index contributed by atoms with van der Waals surface area (Å²) in [4.78, 5) is 11.9. The Kier molecular flexibility index (Phi) is 4.07. The minimum Gasteiger partial charge on any atom is -0.268 e. The van der Waals surface area contributed by atoms with Crippen molar-refractivity contribution < 1.29 is 8.42 Å². The van der Waals surface area contributed by atoms with Crippen LogP contribution in [0.2, 0.25) is 0 Å². The van der Waals surface area contributed by atoms with Gasteiger partial charge in [-0.3, -0.25) is 4.79 Å². The van der Waals surface area contributed by atoms with Crippen LogP contribution in [0.3, 0.4) is 0 Å². The van der Waals surface area contributed by atoms with Gasteiger partial charge in [-0.25, -0.2) is 22.5 Å². The molecular weight excluding hydrogens is 318 g/mol. The van der Waals surface area contributed by atoms with E-state index >= 15 is 0 Å². The summed E-state index contributed by atoms with van der Waals surface area (Å²) in [6, 6.07) is 4.93. The van der Waals surface area contributed by atoms with Crippen LogP contribution in [0.15, 0.2) is 23.0 Å². The SMILES string of the molecule is Cc1cc(C)n(-c2ccc(=O)n(CCNS(=O)(=O)C3CC3)n2)n1. The van der Waals surface area contributed by atoms with Gasteiger partial charge in [0.1, 0.15) is 0 Å². The van der Waals surface area contributed by atoms with Gasteiger partial charge in [-0.05, 0) is 38.8 Å². The highest BCUT2D eigenvalue weighted by Crippen LogP contribution is 2.27. The van der Waals surface area contributed by atoms with Crippen LogP contribution in [0, 0.1) is 13.8 Å². The predicted molar refractivity (Wildman–Crippen MR) is 85.0 cm³/mol. The van der Waals surface area contributed by atoms with E-state index in [1.807, 2.05) is 19.9 Å². The van der Waals surface area contributed by atoms with E-state index in [1.54, 1.807) is 10.7 Å². The summed E-state index contributed by atoms with van der Waals surface area (Å²) in [6.07, 6.45) is 1.42. The molecule has 2 heterocycles. The fourth-order valence-corrected chi connectivity index (χ4v) is 3.73. The van der Waals surface area contributed by atoms with Gasteiger partial charge in [0.2, 0.25) is 10.0 Å². The van der Waals surface area contributed by atoms with Crippen LogP contribution in [-0.4, -0.2) is 39.8 Å². The van der Waals surface area contributed by atoms with Crippen LogP contribution in [0.1, 0.15) is 24.2 Å². The third-order valence-corrected chi connectivity index (χ3v) is 5.62. The monoisotopic (exact) mass is 337 g/mol. The van der Waals surface area contributed by atoms with E-state index in [-0.39, 0.29) is 23.9 Å². The lowest BCUT2D eigenvalue weighted by atomic mass is 10.4. The zero-order valence-corrected chi connectivity index (χ0v) is 13.9. The number of nitrogens with zero attached hydrogens (tertiary/aromatic N) is 4. The third-order valence-electron chi connectivity index (χ3n) is 3.67. The van der Waals surface area contributed by atoms with Gasteiger partial charge in [0, 0.05) is 18.3 Å². The number of aryl methyl sites for hydroxylation is 2. The molecule has 3 rings (SSSR count). The molecular formula is C14H19N5O3S. The average molecular weight is 337 g/mol. The number of nitrogens with one attached hydrogen (secondary N) is 1. The van der Waals surface area contributed by atoms with Gasteiger partial charge in [-0.2, -0.15) is 5.10 Å². The first-order valence-electron chi connectivity index (χ1n) is 7.47. The summed E-state index contributed by atoms with van der Waals surface area (Å²) in [6.45, 7) is 4.11. The molecule has 1 fully saturated rings. The van der Waals surface area contributed by atoms with Gasteiger partial charge in [0.05, 0.1) is 17.5 Å². The largest absolute Gasteiger partial charge is 0.268 e. The summed E-state index contributed by atoms with van der Waals surface area (Å²) in [5, 5.41) is 8.33. The Hall–Kier alpha value is -2.00. The van der Waals surface area contributed by atoms with Gasteiger partial charge in [-0.1, -0.05) is 0 Å². The van der Waals surface area contributed by atoms with E-state index in [2.05, 4.69) is 14.9 Å². The fraction of sp³-hybridized carbons (Fsp3) is 0.500. The van der Waals surface area contributed by atoms with Crippen molar-refractivity contribution in [2.45, 2.75) is 38.5 Å². The second kappa shape index (κ2) is 5.89. The highest BCUT2D eigenvalue weighted by atomic mass is 32.2. The lowest BCUT2D eigenvalue weighted by Gasteiger charge is -2.09. The van der Waals surface area contributed by atoms with Crippen molar-refractivity contribution in [2.24, 2.45) is 0 Å². The van der Waals surface area contributed by atoms with E-state index in [9.17, 15) is 13.2 Å². The third kappa shape index (κ3) is 3.50. The molecule has 0 spiro atoms. The zero-order chi connectivity index (χ0) is 16.6. The summed E-state index contributed by atoms with van der Waals surface area (Å²) in [5.74, 6) is 0.528. The molecule has 1 aliphatic rings. The quantitative estimate of drug-likeness (QED) is 0.808. The first-order valence-corrected chi connectivity index (χ1v) is 9.02. The van der Waals surface area contributed by atoms with E-state index in [4.69, 9.17) is 0 Å². The van der Waals surface area contributed by atoms with Crippen molar-refractivity contribution in [2.75, 3.05) is 6.54 Å². The minimum absolute atomic E-state index is 0.145. The molecule has 0 radical (unpaired) electrons. The Labute approximate surface area is 134 Å². The smallest absolute Gasteiger partial charge is 0.266 e. The van der Waals surface area contributed by atoms with Crippen LogP contribution < -0.4 is 10.3 Å². The van der Waals surface area contributed by atoms with E-state index in [1.165, 1.54) is 10.7 Å². The van der Waals surface area contributed by atoms with Crippen molar-refractivity contribution >= 4 is 10.0 Å². The topological polar surface area (TPSA) is 98.9 Å². The molecule has 9 heteroatoms. The average Bonchev–Trinajstić information content (AvgIpc) is 3.27. The second-order valence-corrected chi connectivity index (χ2v) is 7.78. The second-order valence-electron chi connectivity index (χ2n) is 5.73. The van der Waals surface area contributed by atoms with Gasteiger partial charge in [0.25, 0.3) is 5.56 Å². The minimum atomic E-state index is -3.25. The molecule has 0 atom stereocenters. The van der Waals surface area contributed by atoms with Crippen molar-refractivity contribution in [3.05, 3.63) is 39.9 Å². The van der Waals surface area contributed by atoms with Crippen molar-refractivity contribution in [3.8, 4) is 5.82 Å². The highest BCUT2D eigenvalue weighted by Gasteiger charge is 2.35. The summed E-state index contributed by atoms with van der Waals surface area (Å²) in [7, 11) is -3.25. The molecule has 0 amide bonds. The van der Waals surface area contributed by atoms with Crippen LogP contribution in [0.5, 0.6) is 0 Å². The zero-order valence-electron chi connectivity index (χ0n) is 13.1. The van der Waals surface area contributed by atoms with Crippen LogP contribution in [-0.2, 0) is 16.6 Å². The number of sulfonamides is 1. The van der Waals surface area contributed by atoms with Crippen LogP contribution in [0.25, 0.3) is 5.82 Å². The molecule has 8 nitrogen and oxygen atoms in total. The molecule has 0 unspecified atom stereocenters. The molecule has 23 heavy (non-hydrogen) atoms. The lowest BCUT2D eigenvalue weighted by molar-refractivity contribution is 0.540. The summed E-state index contributed by atoms with van der Waals surface area (Å²) in [5.41, 5.74) is 1.50. The maximum Gasteiger partial charge on any atom is 0.266 e. The first kappa shape index (κ1) is 15.9. The van der Waals surface area contributed by atoms with Crippen LogP contribution in [0.4, 0.5) is 0 Å². The van der Waals surface area contributed by atoms with E-state index < -0.39 is 10.0 Å². The molecule has 1 aliphatic carbocycles. The molecule has 0 aliphatic heterocycles. The standard InChI is InChI=1S/C14H19N5O3S/c1-10-9-11(2)19(16-10)13-5-6-14(20)18(17-13)8-7-15-23(21,22)12-3-4-12/h5-6,9,12,15H,3-4,7-8H2,1-2H3. The number of aromatic nitrogens is 4.